The van der Waals surface area contributed by atoms with Gasteiger partial charge in [0.1, 0.15) is 13.3 Å². The van der Waals surface area contributed by atoms with Crippen LogP contribution in [0.1, 0.15) is 31.4 Å². The zero-order valence-corrected chi connectivity index (χ0v) is 17.7. The molecule has 0 heterocycles. The number of ether oxygens (including phenoxy) is 1. The van der Waals surface area contributed by atoms with Crippen LogP contribution < -0.4 is 5.73 Å². The van der Waals surface area contributed by atoms with Gasteiger partial charge in [-0.2, -0.15) is 8.42 Å². The number of anilines is 1. The van der Waals surface area contributed by atoms with Gasteiger partial charge in [0.2, 0.25) is 0 Å². The molecule has 0 fully saturated rings. The van der Waals surface area contributed by atoms with E-state index in [-0.39, 0.29) is 25.3 Å². The van der Waals surface area contributed by atoms with E-state index in [9.17, 15) is 13.2 Å². The molecule has 1 aromatic rings. The van der Waals surface area contributed by atoms with Gasteiger partial charge in [-0.15, -0.1) is 15.9 Å². The summed E-state index contributed by atoms with van der Waals surface area (Å²) in [5, 5.41) is 8.45. The lowest BCUT2D eigenvalue weighted by Gasteiger charge is -2.21. The maximum atomic E-state index is 11.6. The normalized spacial score (nSPS) is 12.3. The van der Waals surface area contributed by atoms with Crippen molar-refractivity contribution in [2.45, 2.75) is 40.2 Å². The molecule has 8 nitrogen and oxygen atoms in total. The number of nitrogens with two attached hydrogens (primary N) is 1. The molecule has 0 radical (unpaired) electrons. The van der Waals surface area contributed by atoms with Gasteiger partial charge in [0, 0.05) is 18.1 Å². The summed E-state index contributed by atoms with van der Waals surface area (Å²) in [5.74, 6) is -1.22. The first-order valence-electron chi connectivity index (χ1n) is 8.41. The molecule has 0 saturated heterocycles. The van der Waals surface area contributed by atoms with Crippen LogP contribution in [-0.4, -0.2) is 55.7 Å². The second-order valence-electron chi connectivity index (χ2n) is 5.76. The summed E-state index contributed by atoms with van der Waals surface area (Å²) in [7, 11) is -4.29. The molecule has 0 aromatic heterocycles. The molecule has 0 saturated carbocycles. The van der Waals surface area contributed by atoms with E-state index < -0.39 is 22.9 Å². The van der Waals surface area contributed by atoms with E-state index in [4.69, 9.17) is 27.2 Å². The minimum atomic E-state index is -4.29. The number of aryl methyl sites for hydroxylation is 2. The third-order valence-electron chi connectivity index (χ3n) is 3.60. The van der Waals surface area contributed by atoms with Crippen molar-refractivity contribution < 1.29 is 27.2 Å². The molecule has 1 aromatic carbocycles. The van der Waals surface area contributed by atoms with Gasteiger partial charge in [-0.05, 0) is 38.3 Å². The number of nitrogen functional groups attached to an aromatic ring is 1. The minimum absolute atomic E-state index is 0.0276. The average molecular weight is 425 g/mol. The monoisotopic (exact) mass is 424 g/mol. The van der Waals surface area contributed by atoms with E-state index in [1.807, 2.05) is 39.0 Å². The van der Waals surface area contributed by atoms with Crippen LogP contribution in [0.25, 0.3) is 0 Å². The standard InChI is InChI=1S/C9H18ClNO6S.C8H11N/c1-3-8(2)16-7-11(5-4-10)18(14,15)17-9(13)6-12;1-6-4-3-5-7(2)8(6)9/h8,12H,3-7H2,1-2H3;3-5H,9H2,1-2H3. The molecule has 3 N–H and O–H groups in total. The van der Waals surface area contributed by atoms with Crippen molar-refractivity contribution in [2.75, 3.05) is 31.5 Å². The second-order valence-corrected chi connectivity index (χ2v) is 7.67. The molecule has 1 unspecified atom stereocenters. The Bertz CT molecular complexity index is 664. The van der Waals surface area contributed by atoms with E-state index in [2.05, 4.69) is 4.18 Å². The lowest BCUT2D eigenvalue weighted by atomic mass is 10.1. The summed E-state index contributed by atoms with van der Waals surface area (Å²) < 4.78 is 33.4. The first-order chi connectivity index (χ1) is 12.6. The van der Waals surface area contributed by atoms with Gasteiger partial charge < -0.3 is 19.8 Å². The summed E-state index contributed by atoms with van der Waals surface area (Å²) in [6.45, 7) is 6.37. The van der Waals surface area contributed by atoms with Crippen LogP contribution >= 0.6 is 11.6 Å². The highest BCUT2D eigenvalue weighted by molar-refractivity contribution is 7.84. The maximum absolute atomic E-state index is 11.6. The predicted octanol–water partition coefficient (Wildman–Crippen LogP) is 1.97. The number of hydrogen-bond acceptors (Lipinski definition) is 7. The van der Waals surface area contributed by atoms with Crippen molar-refractivity contribution in [3.05, 3.63) is 29.3 Å². The Kier molecular flexibility index (Phi) is 12.2. The fourth-order valence-electron chi connectivity index (χ4n) is 1.69. The number of para-hydroxylation sites is 1. The molecule has 0 aliphatic heterocycles. The fraction of sp³-hybridized carbons (Fsp3) is 0.588. The summed E-state index contributed by atoms with van der Waals surface area (Å²) in [6, 6.07) is 6.05. The molecule has 0 aliphatic rings. The number of halogens is 1. The molecular formula is C17H29ClN2O6S. The largest absolute Gasteiger partial charge is 0.398 e. The third kappa shape index (κ3) is 9.92. The molecule has 10 heteroatoms. The minimum Gasteiger partial charge on any atom is -0.398 e. The van der Waals surface area contributed by atoms with Crippen LogP contribution in [0.15, 0.2) is 18.2 Å². The Hall–Kier alpha value is -1.39. The average Bonchev–Trinajstić information content (AvgIpc) is 2.62. The van der Waals surface area contributed by atoms with Gasteiger partial charge in [0.15, 0.2) is 0 Å². The number of aliphatic hydroxyl groups is 1. The summed E-state index contributed by atoms with van der Waals surface area (Å²) in [4.78, 5) is 10.8. The lowest BCUT2D eigenvalue weighted by Crippen LogP contribution is -2.38. The number of aliphatic hydroxyl groups excluding tert-OH is 1. The van der Waals surface area contributed by atoms with Crippen LogP contribution in [0.3, 0.4) is 0 Å². The highest BCUT2D eigenvalue weighted by Crippen LogP contribution is 2.13. The van der Waals surface area contributed by atoms with Crippen LogP contribution in [-0.2, 0) is 24.0 Å². The molecule has 1 atom stereocenters. The van der Waals surface area contributed by atoms with E-state index >= 15 is 0 Å². The van der Waals surface area contributed by atoms with Crippen LogP contribution in [0.5, 0.6) is 0 Å². The summed E-state index contributed by atoms with van der Waals surface area (Å²) in [5.41, 5.74) is 8.92. The van der Waals surface area contributed by atoms with Gasteiger partial charge in [-0.1, -0.05) is 25.1 Å². The number of nitrogens with zero attached hydrogens (tertiary/aromatic N) is 1. The van der Waals surface area contributed by atoms with Crippen LogP contribution in [0.2, 0.25) is 0 Å². The van der Waals surface area contributed by atoms with Crippen molar-refractivity contribution in [1.29, 1.82) is 0 Å². The quantitative estimate of drug-likeness (QED) is 0.353. The Morgan fingerprint density at radius 3 is 2.30 bits per heavy atom. The number of carbonyl (C=O) groups excluding carboxylic acids is 1. The van der Waals surface area contributed by atoms with Gasteiger partial charge in [-0.25, -0.2) is 4.79 Å². The SMILES string of the molecule is CCC(C)OCN(CCCl)S(=O)(=O)OC(=O)CO.Cc1cccc(C)c1N. The first kappa shape index (κ1) is 25.6. The zero-order valence-electron chi connectivity index (χ0n) is 16.1. The Morgan fingerprint density at radius 2 is 1.89 bits per heavy atom. The Balaban J connectivity index is 0.000000621. The van der Waals surface area contributed by atoms with E-state index in [0.29, 0.717) is 6.42 Å². The van der Waals surface area contributed by atoms with E-state index in [1.165, 1.54) is 0 Å². The fourth-order valence-corrected chi connectivity index (χ4v) is 2.89. The third-order valence-corrected chi connectivity index (χ3v) is 5.08. The van der Waals surface area contributed by atoms with Crippen molar-refractivity contribution in [2.24, 2.45) is 0 Å². The predicted molar refractivity (Wildman–Crippen MR) is 106 cm³/mol. The van der Waals surface area contributed by atoms with E-state index in [1.54, 1.807) is 6.92 Å². The van der Waals surface area contributed by atoms with Crippen molar-refractivity contribution in [3.63, 3.8) is 0 Å². The Labute approximate surface area is 166 Å². The maximum Gasteiger partial charge on any atom is 0.389 e. The topological polar surface area (TPSA) is 119 Å². The van der Waals surface area contributed by atoms with Crippen molar-refractivity contribution in [3.8, 4) is 0 Å². The number of hydrogen-bond donors (Lipinski definition) is 2. The summed E-state index contributed by atoms with van der Waals surface area (Å²) >= 11 is 5.47. The Morgan fingerprint density at radius 1 is 1.33 bits per heavy atom. The number of benzene rings is 1. The molecule has 27 heavy (non-hydrogen) atoms. The molecule has 1 rings (SSSR count). The molecule has 0 bridgehead atoms. The van der Waals surface area contributed by atoms with E-state index in [0.717, 1.165) is 21.1 Å². The highest BCUT2D eigenvalue weighted by Gasteiger charge is 2.26. The highest BCUT2D eigenvalue weighted by atomic mass is 35.5. The molecule has 0 amide bonds. The molecule has 0 spiro atoms. The summed E-state index contributed by atoms with van der Waals surface area (Å²) in [6.07, 6.45) is 0.581. The number of alkyl halides is 1. The molecule has 0 aliphatic carbocycles. The van der Waals surface area contributed by atoms with Crippen molar-refractivity contribution in [1.82, 2.24) is 4.31 Å². The van der Waals surface area contributed by atoms with Gasteiger partial charge in [-0.3, -0.25) is 0 Å². The van der Waals surface area contributed by atoms with Gasteiger partial charge in [0.25, 0.3) is 0 Å². The molecular weight excluding hydrogens is 396 g/mol. The first-order valence-corrected chi connectivity index (χ1v) is 10.3. The molecule has 156 valence electrons. The lowest BCUT2D eigenvalue weighted by molar-refractivity contribution is -0.137. The van der Waals surface area contributed by atoms with Crippen LogP contribution in [0, 0.1) is 13.8 Å². The number of rotatable bonds is 9. The zero-order chi connectivity index (χ0) is 21.0. The van der Waals surface area contributed by atoms with Gasteiger partial charge >= 0.3 is 16.3 Å². The van der Waals surface area contributed by atoms with Gasteiger partial charge in [0.05, 0.1) is 6.10 Å². The smallest absolute Gasteiger partial charge is 0.389 e. The second kappa shape index (κ2) is 12.9. The van der Waals surface area contributed by atoms with Crippen molar-refractivity contribution >= 4 is 33.6 Å². The number of carbonyl (C=O) groups is 1. The van der Waals surface area contributed by atoms with Crippen LogP contribution in [0.4, 0.5) is 5.69 Å².